The molecule has 1 fully saturated rings. The highest BCUT2D eigenvalue weighted by Gasteiger charge is 2.31. The van der Waals surface area contributed by atoms with Crippen molar-refractivity contribution in [2.75, 3.05) is 19.0 Å². The van der Waals surface area contributed by atoms with Crippen LogP contribution >= 0.6 is 11.3 Å². The molecule has 0 bridgehead atoms. The SMILES string of the molecule is CN(C)c1nc2c(s1)C(c1ccccc1OC1CCCC1)CC(=O)NC2. The van der Waals surface area contributed by atoms with Crippen LogP contribution in [0.3, 0.4) is 0 Å². The van der Waals surface area contributed by atoms with Crippen molar-refractivity contribution in [1.29, 1.82) is 0 Å². The zero-order valence-electron chi connectivity index (χ0n) is 15.3. The minimum Gasteiger partial charge on any atom is -0.490 e. The summed E-state index contributed by atoms with van der Waals surface area (Å²) in [5.41, 5.74) is 2.08. The number of fused-ring (bicyclic) bond motifs is 1. The van der Waals surface area contributed by atoms with Gasteiger partial charge in [0.1, 0.15) is 5.75 Å². The average molecular weight is 372 g/mol. The van der Waals surface area contributed by atoms with Crippen molar-refractivity contribution in [3.8, 4) is 5.75 Å². The number of hydrogen-bond donors (Lipinski definition) is 1. The molecule has 138 valence electrons. The molecule has 1 unspecified atom stereocenters. The lowest BCUT2D eigenvalue weighted by Crippen LogP contribution is -2.22. The van der Waals surface area contributed by atoms with Gasteiger partial charge in [0.15, 0.2) is 5.13 Å². The van der Waals surface area contributed by atoms with Crippen LogP contribution in [0.4, 0.5) is 5.13 Å². The van der Waals surface area contributed by atoms with Gasteiger partial charge in [-0.1, -0.05) is 18.2 Å². The van der Waals surface area contributed by atoms with Crippen molar-refractivity contribution >= 4 is 22.4 Å². The number of para-hydroxylation sites is 1. The number of thiazole rings is 1. The zero-order chi connectivity index (χ0) is 18.1. The summed E-state index contributed by atoms with van der Waals surface area (Å²) in [6.45, 7) is 0.501. The van der Waals surface area contributed by atoms with Gasteiger partial charge in [-0.2, -0.15) is 0 Å². The van der Waals surface area contributed by atoms with E-state index in [0.717, 1.165) is 35.0 Å². The predicted octanol–water partition coefficient (Wildman–Crippen LogP) is 3.68. The van der Waals surface area contributed by atoms with Gasteiger partial charge in [0.2, 0.25) is 5.91 Å². The first-order chi connectivity index (χ1) is 12.6. The minimum absolute atomic E-state index is 0.00342. The van der Waals surface area contributed by atoms with E-state index in [-0.39, 0.29) is 11.8 Å². The lowest BCUT2D eigenvalue weighted by molar-refractivity contribution is -0.121. The second-order valence-electron chi connectivity index (χ2n) is 7.30. The number of rotatable bonds is 4. The van der Waals surface area contributed by atoms with E-state index >= 15 is 0 Å². The Morgan fingerprint density at radius 2 is 2.00 bits per heavy atom. The summed E-state index contributed by atoms with van der Waals surface area (Å²) < 4.78 is 6.35. The van der Waals surface area contributed by atoms with E-state index in [2.05, 4.69) is 11.4 Å². The lowest BCUT2D eigenvalue weighted by Gasteiger charge is -2.21. The molecule has 1 aliphatic carbocycles. The van der Waals surface area contributed by atoms with Crippen LogP contribution in [0.15, 0.2) is 24.3 Å². The van der Waals surface area contributed by atoms with Crippen molar-refractivity contribution in [1.82, 2.24) is 10.3 Å². The highest BCUT2D eigenvalue weighted by atomic mass is 32.1. The van der Waals surface area contributed by atoms with E-state index in [1.165, 1.54) is 17.7 Å². The molecule has 6 heteroatoms. The van der Waals surface area contributed by atoms with Gasteiger partial charge in [0.25, 0.3) is 0 Å². The lowest BCUT2D eigenvalue weighted by atomic mass is 9.92. The molecule has 2 aliphatic rings. The Kier molecular flexibility index (Phi) is 4.85. The van der Waals surface area contributed by atoms with Crippen molar-refractivity contribution < 1.29 is 9.53 Å². The molecular weight excluding hydrogens is 346 g/mol. The minimum atomic E-state index is -0.00342. The maximum Gasteiger partial charge on any atom is 0.221 e. The molecule has 26 heavy (non-hydrogen) atoms. The molecule has 1 amide bonds. The van der Waals surface area contributed by atoms with Crippen molar-refractivity contribution in [3.05, 3.63) is 40.4 Å². The molecule has 1 aromatic heterocycles. The standard InChI is InChI=1S/C20H25N3O2S/c1-23(2)20-22-16-12-21-18(24)11-15(19(16)26-20)14-9-5-6-10-17(14)25-13-7-3-4-8-13/h5-6,9-10,13,15H,3-4,7-8,11-12H2,1-2H3,(H,21,24). The smallest absolute Gasteiger partial charge is 0.221 e. The van der Waals surface area contributed by atoms with Crippen LogP contribution in [0.2, 0.25) is 0 Å². The van der Waals surface area contributed by atoms with Crippen LogP contribution in [-0.2, 0) is 11.3 Å². The van der Waals surface area contributed by atoms with Gasteiger partial charge in [0.05, 0.1) is 18.3 Å². The van der Waals surface area contributed by atoms with E-state index in [9.17, 15) is 4.79 Å². The van der Waals surface area contributed by atoms with E-state index in [1.807, 2.05) is 37.2 Å². The maximum atomic E-state index is 12.3. The Morgan fingerprint density at radius 1 is 1.23 bits per heavy atom. The van der Waals surface area contributed by atoms with Gasteiger partial charge in [-0.15, -0.1) is 11.3 Å². The third-order valence-electron chi connectivity index (χ3n) is 5.15. The van der Waals surface area contributed by atoms with E-state index in [4.69, 9.17) is 9.72 Å². The van der Waals surface area contributed by atoms with Crippen molar-refractivity contribution in [2.45, 2.75) is 50.7 Å². The van der Waals surface area contributed by atoms with Gasteiger partial charge >= 0.3 is 0 Å². The van der Waals surface area contributed by atoms with Crippen LogP contribution in [0.5, 0.6) is 5.75 Å². The van der Waals surface area contributed by atoms with Crippen LogP contribution < -0.4 is 15.0 Å². The quantitative estimate of drug-likeness (QED) is 0.891. The second-order valence-corrected chi connectivity index (χ2v) is 8.31. The second kappa shape index (κ2) is 7.27. The van der Waals surface area contributed by atoms with Crippen molar-refractivity contribution in [3.63, 3.8) is 0 Å². The summed E-state index contributed by atoms with van der Waals surface area (Å²) in [4.78, 5) is 20.3. The monoisotopic (exact) mass is 371 g/mol. The van der Waals surface area contributed by atoms with Crippen LogP contribution in [0, 0.1) is 0 Å². The van der Waals surface area contributed by atoms with Gasteiger partial charge in [-0.3, -0.25) is 4.79 Å². The molecule has 4 rings (SSSR count). The number of carbonyl (C=O) groups excluding carboxylic acids is 1. The predicted molar refractivity (Wildman–Crippen MR) is 104 cm³/mol. The number of aromatic nitrogens is 1. The molecule has 0 saturated heterocycles. The van der Waals surface area contributed by atoms with Gasteiger partial charge < -0.3 is 15.0 Å². The number of ether oxygens (including phenoxy) is 1. The summed E-state index contributed by atoms with van der Waals surface area (Å²) in [6.07, 6.45) is 5.46. The maximum absolute atomic E-state index is 12.3. The fourth-order valence-electron chi connectivity index (χ4n) is 3.79. The van der Waals surface area contributed by atoms with Crippen LogP contribution in [-0.4, -0.2) is 31.1 Å². The Bertz CT molecular complexity index is 796. The molecule has 1 atom stereocenters. The van der Waals surface area contributed by atoms with Gasteiger partial charge in [0, 0.05) is 36.9 Å². The Hall–Kier alpha value is -2.08. The largest absolute Gasteiger partial charge is 0.490 e. The molecule has 5 nitrogen and oxygen atoms in total. The number of anilines is 1. The summed E-state index contributed by atoms with van der Waals surface area (Å²) in [5.74, 6) is 0.989. The first-order valence-electron chi connectivity index (χ1n) is 9.31. The van der Waals surface area contributed by atoms with Gasteiger partial charge in [-0.05, 0) is 31.7 Å². The third kappa shape index (κ3) is 3.43. The molecule has 1 aromatic carbocycles. The van der Waals surface area contributed by atoms with Crippen molar-refractivity contribution in [2.24, 2.45) is 0 Å². The molecule has 2 heterocycles. The van der Waals surface area contributed by atoms with Crippen LogP contribution in [0.25, 0.3) is 0 Å². The first-order valence-corrected chi connectivity index (χ1v) is 10.1. The fraction of sp³-hybridized carbons (Fsp3) is 0.500. The third-order valence-corrected chi connectivity index (χ3v) is 6.53. The first kappa shape index (κ1) is 17.3. The number of nitrogens with one attached hydrogen (secondary N) is 1. The number of nitrogens with zero attached hydrogens (tertiary/aromatic N) is 2. The Balaban J connectivity index is 1.73. The summed E-state index contributed by atoms with van der Waals surface area (Å²) in [5, 5.41) is 3.97. The molecule has 0 spiro atoms. The zero-order valence-corrected chi connectivity index (χ0v) is 16.1. The average Bonchev–Trinajstić information content (AvgIpc) is 3.26. The highest BCUT2D eigenvalue weighted by molar-refractivity contribution is 7.15. The van der Waals surface area contributed by atoms with Crippen LogP contribution in [0.1, 0.15) is 54.2 Å². The fourth-order valence-corrected chi connectivity index (χ4v) is 4.91. The number of hydrogen-bond acceptors (Lipinski definition) is 5. The summed E-state index contributed by atoms with van der Waals surface area (Å²) in [7, 11) is 4.01. The van der Waals surface area contributed by atoms with E-state index in [1.54, 1.807) is 11.3 Å². The number of amides is 1. The normalized spacial score (nSPS) is 20.4. The molecule has 1 N–H and O–H groups in total. The Labute approximate surface area is 158 Å². The molecule has 1 aliphatic heterocycles. The summed E-state index contributed by atoms with van der Waals surface area (Å²) >= 11 is 1.68. The molecule has 2 aromatic rings. The highest BCUT2D eigenvalue weighted by Crippen LogP contribution is 2.42. The van der Waals surface area contributed by atoms with E-state index < -0.39 is 0 Å². The number of carbonyl (C=O) groups is 1. The number of benzene rings is 1. The van der Waals surface area contributed by atoms with E-state index in [0.29, 0.717) is 19.1 Å². The molecular formula is C20H25N3O2S. The topological polar surface area (TPSA) is 54.5 Å². The van der Waals surface area contributed by atoms with Gasteiger partial charge in [-0.25, -0.2) is 4.98 Å². The molecule has 1 saturated carbocycles. The molecule has 0 radical (unpaired) electrons. The Morgan fingerprint density at radius 3 is 2.77 bits per heavy atom. The summed E-state index contributed by atoms with van der Waals surface area (Å²) in [6, 6.07) is 8.20.